The Bertz CT molecular complexity index is 929. The molecule has 1 atom stereocenters. The Morgan fingerprint density at radius 2 is 1.72 bits per heavy atom. The first-order chi connectivity index (χ1) is 14.0. The second kappa shape index (κ2) is 8.00. The molecule has 8 heteroatoms. The van der Waals surface area contributed by atoms with Crippen LogP contribution in [0.3, 0.4) is 0 Å². The summed E-state index contributed by atoms with van der Waals surface area (Å²) in [5.74, 6) is -0.357. The molecule has 2 aromatic rings. The Hall–Kier alpha value is -2.64. The van der Waals surface area contributed by atoms with E-state index in [1.165, 1.54) is 24.1 Å². The molecule has 6 nitrogen and oxygen atoms in total. The molecule has 0 aliphatic carbocycles. The molecule has 0 aromatic heterocycles. The van der Waals surface area contributed by atoms with Crippen LogP contribution in [-0.4, -0.2) is 56.0 Å². The van der Waals surface area contributed by atoms with Gasteiger partial charge in [0.05, 0.1) is 25.3 Å². The molecule has 4 rings (SSSR count). The van der Waals surface area contributed by atoms with E-state index >= 15 is 0 Å². The van der Waals surface area contributed by atoms with E-state index in [4.69, 9.17) is 16.3 Å². The lowest BCUT2D eigenvalue weighted by Crippen LogP contribution is -2.52. The molecule has 2 aliphatic heterocycles. The second-order valence-corrected chi connectivity index (χ2v) is 7.54. The average molecular weight is 418 g/mol. The van der Waals surface area contributed by atoms with Crippen molar-refractivity contribution >= 4 is 34.8 Å². The number of methoxy groups -OCH3 is 1. The fourth-order valence-electron chi connectivity index (χ4n) is 3.94. The minimum Gasteiger partial charge on any atom is -0.495 e. The van der Waals surface area contributed by atoms with E-state index < -0.39 is 6.04 Å². The molecule has 0 N–H and O–H groups in total. The van der Waals surface area contributed by atoms with Crippen LogP contribution in [0.4, 0.5) is 15.8 Å². The third-order valence-corrected chi connectivity index (χ3v) is 5.69. The molecule has 2 saturated heterocycles. The zero-order chi connectivity index (χ0) is 20.5. The van der Waals surface area contributed by atoms with Crippen LogP contribution in [0.15, 0.2) is 42.5 Å². The van der Waals surface area contributed by atoms with Crippen molar-refractivity contribution in [1.29, 1.82) is 0 Å². The summed E-state index contributed by atoms with van der Waals surface area (Å²) in [6, 6.07) is 10.8. The molecule has 0 bridgehead atoms. The Balaban J connectivity index is 1.47. The number of piperazine rings is 1. The quantitative estimate of drug-likeness (QED) is 0.716. The highest BCUT2D eigenvalue weighted by Crippen LogP contribution is 2.35. The van der Waals surface area contributed by atoms with Crippen LogP contribution in [0.25, 0.3) is 0 Å². The summed E-state index contributed by atoms with van der Waals surface area (Å²) in [6.45, 7) is 2.68. The van der Waals surface area contributed by atoms with Crippen LogP contribution < -0.4 is 14.5 Å². The lowest BCUT2D eigenvalue weighted by molar-refractivity contribution is -0.123. The number of amides is 2. The van der Waals surface area contributed by atoms with Crippen LogP contribution in [-0.2, 0) is 9.59 Å². The van der Waals surface area contributed by atoms with Crippen molar-refractivity contribution in [2.75, 3.05) is 43.1 Å². The number of carbonyl (C=O) groups is 2. The first-order valence-corrected chi connectivity index (χ1v) is 9.80. The molecule has 2 aliphatic rings. The standard InChI is InChI=1S/C21H21ClFN3O3/c1-29-19-7-2-14(22)12-17(19)26-20(27)13-18(21(26)28)25-10-8-24(9-11-25)16-5-3-15(23)4-6-16/h2-7,12,18H,8-11,13H2,1H3. The Kier molecular flexibility index (Phi) is 5.43. The predicted octanol–water partition coefficient (Wildman–Crippen LogP) is 2.94. The summed E-state index contributed by atoms with van der Waals surface area (Å²) in [4.78, 5) is 31.1. The summed E-state index contributed by atoms with van der Waals surface area (Å²) in [5.41, 5.74) is 1.33. The number of halogens is 2. The number of carbonyl (C=O) groups excluding carboxylic acids is 2. The zero-order valence-electron chi connectivity index (χ0n) is 16.0. The molecule has 152 valence electrons. The van der Waals surface area contributed by atoms with Gasteiger partial charge in [-0.1, -0.05) is 11.6 Å². The number of ether oxygens (including phenoxy) is 1. The van der Waals surface area contributed by atoms with E-state index in [0.29, 0.717) is 42.6 Å². The molecule has 0 spiro atoms. The number of benzene rings is 2. The fraction of sp³-hybridized carbons (Fsp3) is 0.333. The maximum Gasteiger partial charge on any atom is 0.251 e. The number of nitrogens with zero attached hydrogens (tertiary/aromatic N) is 3. The van der Waals surface area contributed by atoms with Crippen LogP contribution in [0.5, 0.6) is 5.75 Å². The first-order valence-electron chi connectivity index (χ1n) is 9.43. The van der Waals surface area contributed by atoms with Gasteiger partial charge in [-0.25, -0.2) is 9.29 Å². The Morgan fingerprint density at radius 1 is 1.03 bits per heavy atom. The van der Waals surface area contributed by atoms with Crippen molar-refractivity contribution in [1.82, 2.24) is 4.90 Å². The molecule has 2 aromatic carbocycles. The van der Waals surface area contributed by atoms with Gasteiger partial charge in [0.1, 0.15) is 11.6 Å². The van der Waals surface area contributed by atoms with Crippen LogP contribution >= 0.6 is 11.6 Å². The maximum absolute atomic E-state index is 13.1. The summed E-state index contributed by atoms with van der Waals surface area (Å²) in [5, 5.41) is 0.428. The number of anilines is 2. The molecule has 2 heterocycles. The summed E-state index contributed by atoms with van der Waals surface area (Å²) >= 11 is 6.07. The van der Waals surface area contributed by atoms with Gasteiger partial charge in [-0.15, -0.1) is 0 Å². The van der Waals surface area contributed by atoms with E-state index in [0.717, 1.165) is 5.69 Å². The van der Waals surface area contributed by atoms with Crippen molar-refractivity contribution in [3.05, 3.63) is 53.3 Å². The largest absolute Gasteiger partial charge is 0.495 e. The molecular weight excluding hydrogens is 397 g/mol. The highest BCUT2D eigenvalue weighted by Gasteiger charge is 2.44. The minimum absolute atomic E-state index is 0.130. The average Bonchev–Trinajstić information content (AvgIpc) is 3.02. The summed E-state index contributed by atoms with van der Waals surface area (Å²) in [6.07, 6.45) is 0.130. The minimum atomic E-state index is -0.499. The van der Waals surface area contributed by atoms with Gasteiger partial charge in [0.2, 0.25) is 5.91 Å². The maximum atomic E-state index is 13.1. The van der Waals surface area contributed by atoms with Crippen molar-refractivity contribution in [3.63, 3.8) is 0 Å². The third-order valence-electron chi connectivity index (χ3n) is 5.45. The monoisotopic (exact) mass is 417 g/mol. The summed E-state index contributed by atoms with van der Waals surface area (Å²) < 4.78 is 18.4. The number of hydrogen-bond acceptors (Lipinski definition) is 5. The van der Waals surface area contributed by atoms with Gasteiger partial charge < -0.3 is 9.64 Å². The molecular formula is C21H21ClFN3O3. The van der Waals surface area contributed by atoms with Gasteiger partial charge in [-0.05, 0) is 42.5 Å². The van der Waals surface area contributed by atoms with Gasteiger partial charge in [0, 0.05) is 36.9 Å². The van der Waals surface area contributed by atoms with Crippen molar-refractivity contribution in [3.8, 4) is 5.75 Å². The molecule has 0 radical (unpaired) electrons. The molecule has 29 heavy (non-hydrogen) atoms. The van der Waals surface area contributed by atoms with Crippen LogP contribution in [0.2, 0.25) is 5.02 Å². The molecule has 2 amide bonds. The predicted molar refractivity (Wildman–Crippen MR) is 109 cm³/mol. The van der Waals surface area contributed by atoms with E-state index in [1.54, 1.807) is 30.3 Å². The topological polar surface area (TPSA) is 53.1 Å². The normalized spacial score (nSPS) is 20.4. The Labute approximate surface area is 173 Å². The second-order valence-electron chi connectivity index (χ2n) is 7.10. The van der Waals surface area contributed by atoms with Crippen molar-refractivity contribution in [2.24, 2.45) is 0 Å². The highest BCUT2D eigenvalue weighted by molar-refractivity contribution is 6.31. The van der Waals surface area contributed by atoms with E-state index in [-0.39, 0.29) is 24.1 Å². The molecule has 0 saturated carbocycles. The van der Waals surface area contributed by atoms with Gasteiger partial charge in [-0.2, -0.15) is 0 Å². The fourth-order valence-corrected chi connectivity index (χ4v) is 4.10. The molecule has 1 unspecified atom stereocenters. The van der Waals surface area contributed by atoms with E-state index in [2.05, 4.69) is 4.90 Å². The SMILES string of the molecule is COc1ccc(Cl)cc1N1C(=O)CC(N2CCN(c3ccc(F)cc3)CC2)C1=O. The third kappa shape index (κ3) is 3.80. The van der Waals surface area contributed by atoms with Crippen LogP contribution in [0, 0.1) is 5.82 Å². The number of rotatable bonds is 4. The highest BCUT2D eigenvalue weighted by atomic mass is 35.5. The first kappa shape index (κ1) is 19.7. The van der Waals surface area contributed by atoms with Gasteiger partial charge in [0.25, 0.3) is 5.91 Å². The van der Waals surface area contributed by atoms with Crippen molar-refractivity contribution < 1.29 is 18.7 Å². The van der Waals surface area contributed by atoms with Gasteiger partial charge in [-0.3, -0.25) is 14.5 Å². The zero-order valence-corrected chi connectivity index (χ0v) is 16.7. The van der Waals surface area contributed by atoms with E-state index in [9.17, 15) is 14.0 Å². The lowest BCUT2D eigenvalue weighted by Gasteiger charge is -2.38. The van der Waals surface area contributed by atoms with Gasteiger partial charge in [0.15, 0.2) is 0 Å². The van der Waals surface area contributed by atoms with Gasteiger partial charge >= 0.3 is 0 Å². The smallest absolute Gasteiger partial charge is 0.251 e. The van der Waals surface area contributed by atoms with Crippen molar-refractivity contribution in [2.45, 2.75) is 12.5 Å². The number of imide groups is 1. The van der Waals surface area contributed by atoms with E-state index in [1.807, 2.05) is 4.90 Å². The lowest BCUT2D eigenvalue weighted by atomic mass is 10.1. The number of hydrogen-bond donors (Lipinski definition) is 0. The Morgan fingerprint density at radius 3 is 2.38 bits per heavy atom. The molecule has 2 fully saturated rings. The summed E-state index contributed by atoms with van der Waals surface area (Å²) in [7, 11) is 1.49. The van der Waals surface area contributed by atoms with Crippen LogP contribution in [0.1, 0.15) is 6.42 Å².